The summed E-state index contributed by atoms with van der Waals surface area (Å²) in [6, 6.07) is 9.66. The minimum atomic E-state index is -3.78. The lowest BCUT2D eigenvalue weighted by Gasteiger charge is -2.39. The van der Waals surface area contributed by atoms with Gasteiger partial charge < -0.3 is 5.11 Å². The van der Waals surface area contributed by atoms with Crippen molar-refractivity contribution in [3.05, 3.63) is 76.9 Å². The fourth-order valence-corrected chi connectivity index (χ4v) is 5.89. The van der Waals surface area contributed by atoms with Crippen molar-refractivity contribution in [1.82, 2.24) is 19.1 Å². The number of fused-ring (bicyclic) bond motifs is 1. The van der Waals surface area contributed by atoms with E-state index in [1.807, 2.05) is 27.0 Å². The molecule has 0 unspecified atom stereocenters. The molecule has 2 aromatic heterocycles. The Morgan fingerprint density at radius 3 is 2.55 bits per heavy atom. The number of benzene rings is 1. The van der Waals surface area contributed by atoms with Gasteiger partial charge in [-0.25, -0.2) is 8.42 Å². The number of aliphatic hydroxyl groups is 1. The molecule has 2 atom stereocenters. The van der Waals surface area contributed by atoms with Crippen LogP contribution in [0.2, 0.25) is 0 Å². The summed E-state index contributed by atoms with van der Waals surface area (Å²) in [5.74, 6) is 0. The number of aromatic nitrogens is 3. The third-order valence-electron chi connectivity index (χ3n) is 5.69. The van der Waals surface area contributed by atoms with Gasteiger partial charge in [-0.2, -0.15) is 9.40 Å². The third-order valence-corrected chi connectivity index (χ3v) is 7.64. The number of hydrogen-bond donors (Lipinski definition) is 1. The first-order chi connectivity index (χ1) is 13.8. The Labute approximate surface area is 170 Å². The fourth-order valence-electron chi connectivity index (χ4n) is 4.04. The second kappa shape index (κ2) is 7.37. The summed E-state index contributed by atoms with van der Waals surface area (Å²) in [6.07, 6.45) is 2.74. The molecule has 0 aliphatic carbocycles. The van der Waals surface area contributed by atoms with Crippen LogP contribution < -0.4 is 0 Å². The number of pyridine rings is 1. The third kappa shape index (κ3) is 3.37. The highest BCUT2D eigenvalue weighted by molar-refractivity contribution is 7.89. The minimum Gasteiger partial charge on any atom is -0.387 e. The summed E-state index contributed by atoms with van der Waals surface area (Å²) in [7, 11) is -1.92. The number of aliphatic hydroxyl groups excluding tert-OH is 1. The number of aryl methyl sites for hydroxylation is 2. The average molecular weight is 413 g/mol. The van der Waals surface area contributed by atoms with Crippen LogP contribution in [-0.4, -0.2) is 38.6 Å². The molecule has 1 aromatic carbocycles. The van der Waals surface area contributed by atoms with Crippen LogP contribution in [0, 0.1) is 13.8 Å². The van der Waals surface area contributed by atoms with E-state index in [9.17, 15) is 13.5 Å². The summed E-state index contributed by atoms with van der Waals surface area (Å²) in [4.78, 5) is 4.26. The lowest BCUT2D eigenvalue weighted by molar-refractivity contribution is 0.0767. The first-order valence-corrected chi connectivity index (χ1v) is 10.9. The van der Waals surface area contributed by atoms with E-state index >= 15 is 0 Å². The largest absolute Gasteiger partial charge is 0.387 e. The van der Waals surface area contributed by atoms with Crippen LogP contribution >= 0.6 is 0 Å². The molecule has 3 heterocycles. The Balaban J connectivity index is 1.83. The smallest absolute Gasteiger partial charge is 0.244 e. The van der Waals surface area contributed by atoms with E-state index in [-0.39, 0.29) is 11.4 Å². The SMILES string of the molecule is Cc1nn(C)c(C)c1C[C@H]1[C@@H](O)c2ccccc2S(=O)(=O)N1Cc1cccnc1. The lowest BCUT2D eigenvalue weighted by atomic mass is 9.94. The minimum absolute atomic E-state index is 0.143. The summed E-state index contributed by atoms with van der Waals surface area (Å²) in [6.45, 7) is 4.01. The molecule has 8 heteroatoms. The van der Waals surface area contributed by atoms with Gasteiger partial charge in [-0.3, -0.25) is 9.67 Å². The molecule has 1 aliphatic rings. The van der Waals surface area contributed by atoms with Crippen LogP contribution in [0.5, 0.6) is 0 Å². The molecule has 152 valence electrons. The molecular weight excluding hydrogens is 388 g/mol. The molecule has 0 saturated heterocycles. The maximum absolute atomic E-state index is 13.5. The molecule has 0 saturated carbocycles. The zero-order valence-corrected chi connectivity index (χ0v) is 17.5. The van der Waals surface area contributed by atoms with E-state index in [0.29, 0.717) is 12.0 Å². The second-order valence-corrected chi connectivity index (χ2v) is 9.30. The van der Waals surface area contributed by atoms with Crippen molar-refractivity contribution in [2.75, 3.05) is 0 Å². The van der Waals surface area contributed by atoms with Crippen molar-refractivity contribution < 1.29 is 13.5 Å². The van der Waals surface area contributed by atoms with Gasteiger partial charge in [0.15, 0.2) is 0 Å². The highest BCUT2D eigenvalue weighted by Gasteiger charge is 2.44. The Bertz CT molecular complexity index is 1140. The van der Waals surface area contributed by atoms with E-state index in [0.717, 1.165) is 22.5 Å². The zero-order chi connectivity index (χ0) is 20.8. The molecule has 0 spiro atoms. The molecule has 1 aliphatic heterocycles. The molecule has 29 heavy (non-hydrogen) atoms. The van der Waals surface area contributed by atoms with Gasteiger partial charge in [-0.05, 0) is 43.5 Å². The van der Waals surface area contributed by atoms with Gasteiger partial charge in [0.25, 0.3) is 0 Å². The van der Waals surface area contributed by atoms with Crippen molar-refractivity contribution in [1.29, 1.82) is 0 Å². The normalized spacial score (nSPS) is 21.1. The van der Waals surface area contributed by atoms with Crippen LogP contribution in [0.25, 0.3) is 0 Å². The van der Waals surface area contributed by atoms with Crippen molar-refractivity contribution in [3.63, 3.8) is 0 Å². The average Bonchev–Trinajstić information content (AvgIpc) is 2.95. The molecule has 7 nitrogen and oxygen atoms in total. The molecule has 0 radical (unpaired) electrons. The summed E-state index contributed by atoms with van der Waals surface area (Å²) >= 11 is 0. The molecule has 0 amide bonds. The Kier molecular flexibility index (Phi) is 5.02. The number of nitrogens with zero attached hydrogens (tertiary/aromatic N) is 4. The standard InChI is InChI=1S/C21H24N4O3S/c1-14-18(15(2)24(3)23-14)11-19-21(26)17-8-4-5-9-20(17)29(27,28)25(19)13-16-7-6-10-22-12-16/h4-10,12,19,21,26H,11,13H2,1-3H3/t19-,21-/m0/s1. The van der Waals surface area contributed by atoms with Crippen molar-refractivity contribution in [2.24, 2.45) is 7.05 Å². The Morgan fingerprint density at radius 2 is 1.90 bits per heavy atom. The topological polar surface area (TPSA) is 88.3 Å². The van der Waals surface area contributed by atoms with Gasteiger partial charge in [0.1, 0.15) is 0 Å². The van der Waals surface area contributed by atoms with E-state index in [4.69, 9.17) is 0 Å². The molecule has 0 bridgehead atoms. The molecule has 0 fully saturated rings. The predicted octanol–water partition coefficient (Wildman–Crippen LogP) is 2.28. The highest BCUT2D eigenvalue weighted by atomic mass is 32.2. The molecule has 1 N–H and O–H groups in total. The molecule has 3 aromatic rings. The van der Waals surface area contributed by atoms with E-state index in [1.54, 1.807) is 47.4 Å². The maximum atomic E-state index is 13.5. The Morgan fingerprint density at radius 1 is 1.14 bits per heavy atom. The quantitative estimate of drug-likeness (QED) is 0.710. The van der Waals surface area contributed by atoms with Crippen LogP contribution in [0.4, 0.5) is 0 Å². The van der Waals surface area contributed by atoms with Crippen LogP contribution in [0.15, 0.2) is 53.7 Å². The van der Waals surface area contributed by atoms with Gasteiger partial charge in [0, 0.05) is 37.2 Å². The first-order valence-electron chi connectivity index (χ1n) is 9.47. The van der Waals surface area contributed by atoms with Crippen LogP contribution in [-0.2, 0) is 30.0 Å². The maximum Gasteiger partial charge on any atom is 0.244 e. The van der Waals surface area contributed by atoms with Crippen molar-refractivity contribution in [2.45, 2.75) is 43.9 Å². The van der Waals surface area contributed by atoms with E-state index in [1.165, 1.54) is 4.31 Å². The van der Waals surface area contributed by atoms with Gasteiger partial charge in [-0.1, -0.05) is 24.3 Å². The zero-order valence-electron chi connectivity index (χ0n) is 16.6. The van der Waals surface area contributed by atoms with Crippen molar-refractivity contribution in [3.8, 4) is 0 Å². The molecule has 4 rings (SSSR count). The summed E-state index contributed by atoms with van der Waals surface area (Å²) in [5, 5.41) is 15.7. The molecular formula is C21H24N4O3S. The highest BCUT2D eigenvalue weighted by Crippen LogP contribution is 2.39. The van der Waals surface area contributed by atoms with Crippen molar-refractivity contribution >= 4 is 10.0 Å². The first kappa shape index (κ1) is 19.8. The van der Waals surface area contributed by atoms with Gasteiger partial charge >= 0.3 is 0 Å². The Hall–Kier alpha value is -2.55. The predicted molar refractivity (Wildman–Crippen MR) is 109 cm³/mol. The van der Waals surface area contributed by atoms with Crippen LogP contribution in [0.3, 0.4) is 0 Å². The number of sulfonamides is 1. The second-order valence-electron chi connectivity index (χ2n) is 7.44. The van der Waals surface area contributed by atoms with Gasteiger partial charge in [-0.15, -0.1) is 0 Å². The van der Waals surface area contributed by atoms with Crippen LogP contribution in [0.1, 0.15) is 34.2 Å². The lowest BCUT2D eigenvalue weighted by Crippen LogP contribution is -2.48. The monoisotopic (exact) mass is 412 g/mol. The van der Waals surface area contributed by atoms with E-state index in [2.05, 4.69) is 10.1 Å². The summed E-state index contributed by atoms with van der Waals surface area (Å²) < 4.78 is 30.2. The van der Waals surface area contributed by atoms with E-state index < -0.39 is 22.2 Å². The van der Waals surface area contributed by atoms with Gasteiger partial charge in [0.2, 0.25) is 10.0 Å². The fraction of sp³-hybridized carbons (Fsp3) is 0.333. The van der Waals surface area contributed by atoms with Gasteiger partial charge in [0.05, 0.1) is 22.7 Å². The number of rotatable bonds is 4. The summed E-state index contributed by atoms with van der Waals surface area (Å²) in [5.41, 5.74) is 3.98. The number of hydrogen-bond acceptors (Lipinski definition) is 5.